The highest BCUT2D eigenvalue weighted by molar-refractivity contribution is 5.71. The number of hydrogen-bond donors (Lipinski definition) is 0. The first-order chi connectivity index (χ1) is 32.0. The van der Waals surface area contributed by atoms with Crippen molar-refractivity contribution in [3.8, 4) is 0 Å². The van der Waals surface area contributed by atoms with Crippen molar-refractivity contribution < 1.29 is 28.6 Å². The lowest BCUT2D eigenvalue weighted by Gasteiger charge is -2.18. The van der Waals surface area contributed by atoms with Crippen molar-refractivity contribution in [2.75, 3.05) is 13.2 Å². The molecule has 0 aliphatic rings. The van der Waals surface area contributed by atoms with Crippen molar-refractivity contribution in [2.24, 2.45) is 0 Å². The zero-order chi connectivity index (χ0) is 47.2. The lowest BCUT2D eigenvalue weighted by molar-refractivity contribution is -0.167. The first-order valence-corrected chi connectivity index (χ1v) is 28.8. The summed E-state index contributed by atoms with van der Waals surface area (Å²) in [6, 6.07) is 0. The predicted molar refractivity (Wildman–Crippen MR) is 279 cm³/mol. The smallest absolute Gasteiger partial charge is 0.306 e. The third-order valence-electron chi connectivity index (χ3n) is 12.9. The summed E-state index contributed by atoms with van der Waals surface area (Å²) in [4.78, 5) is 38.1. The van der Waals surface area contributed by atoms with Crippen molar-refractivity contribution in [3.63, 3.8) is 0 Å². The van der Waals surface area contributed by atoms with Crippen molar-refractivity contribution in [1.82, 2.24) is 0 Å². The Bertz CT molecular complexity index is 1050. The Morgan fingerprint density at radius 1 is 0.292 bits per heavy atom. The van der Waals surface area contributed by atoms with Crippen LogP contribution in [0, 0.1) is 0 Å². The van der Waals surface area contributed by atoms with Crippen LogP contribution in [0.3, 0.4) is 0 Å². The minimum Gasteiger partial charge on any atom is -0.462 e. The fraction of sp³-hybridized carbons (Fsp3) is 0.881. The normalized spacial score (nSPS) is 12.1. The van der Waals surface area contributed by atoms with Gasteiger partial charge in [0.2, 0.25) is 0 Å². The third kappa shape index (κ3) is 52.7. The molecule has 0 aromatic rings. The van der Waals surface area contributed by atoms with E-state index >= 15 is 0 Å². The molecule has 0 heterocycles. The van der Waals surface area contributed by atoms with Crippen molar-refractivity contribution in [1.29, 1.82) is 0 Å². The Morgan fingerprint density at radius 2 is 0.523 bits per heavy atom. The summed E-state index contributed by atoms with van der Waals surface area (Å²) in [6.45, 7) is 6.63. The summed E-state index contributed by atoms with van der Waals surface area (Å²) in [5.41, 5.74) is 0. The van der Waals surface area contributed by atoms with Gasteiger partial charge < -0.3 is 14.2 Å². The first kappa shape index (κ1) is 62.9. The van der Waals surface area contributed by atoms with Crippen molar-refractivity contribution >= 4 is 17.9 Å². The van der Waals surface area contributed by atoms with Gasteiger partial charge in [-0.05, 0) is 64.2 Å². The Kier molecular flexibility index (Phi) is 52.7. The van der Waals surface area contributed by atoms with Gasteiger partial charge in [0, 0.05) is 19.3 Å². The number of carbonyl (C=O) groups excluding carboxylic acids is 3. The first-order valence-electron chi connectivity index (χ1n) is 28.8. The summed E-state index contributed by atoms with van der Waals surface area (Å²) in [5, 5.41) is 0. The second-order valence-corrected chi connectivity index (χ2v) is 19.6. The Hall–Kier alpha value is -2.11. The van der Waals surface area contributed by atoms with Crippen LogP contribution in [-0.2, 0) is 28.6 Å². The van der Waals surface area contributed by atoms with E-state index < -0.39 is 6.10 Å². The molecule has 65 heavy (non-hydrogen) atoms. The lowest BCUT2D eigenvalue weighted by atomic mass is 10.0. The van der Waals surface area contributed by atoms with Crippen LogP contribution in [0.4, 0.5) is 0 Å². The fourth-order valence-electron chi connectivity index (χ4n) is 8.54. The van der Waals surface area contributed by atoms with Crippen LogP contribution >= 0.6 is 0 Å². The van der Waals surface area contributed by atoms with E-state index in [0.717, 1.165) is 70.6 Å². The summed E-state index contributed by atoms with van der Waals surface area (Å²) in [6.07, 6.45) is 63.2. The number of ether oxygens (including phenoxy) is 3. The molecule has 1 unspecified atom stereocenters. The van der Waals surface area contributed by atoms with Gasteiger partial charge in [0.05, 0.1) is 0 Å². The quantitative estimate of drug-likeness (QED) is 0.0262. The van der Waals surface area contributed by atoms with Gasteiger partial charge in [-0.2, -0.15) is 0 Å². The summed E-state index contributed by atoms with van der Waals surface area (Å²) in [7, 11) is 0. The number of carbonyl (C=O) groups is 3. The summed E-state index contributed by atoms with van der Waals surface area (Å²) >= 11 is 0. The van der Waals surface area contributed by atoms with Gasteiger partial charge >= 0.3 is 17.9 Å². The fourth-order valence-corrected chi connectivity index (χ4v) is 8.54. The molecule has 0 spiro atoms. The molecule has 6 nitrogen and oxygen atoms in total. The predicted octanol–water partition coefficient (Wildman–Crippen LogP) is 19.1. The number of unbranched alkanes of at least 4 members (excludes halogenated alkanes) is 38. The molecule has 0 aliphatic carbocycles. The highest BCUT2D eigenvalue weighted by Crippen LogP contribution is 2.17. The topological polar surface area (TPSA) is 78.9 Å². The standard InChI is InChI=1S/C59H110O6/c1-4-7-10-13-16-19-22-24-26-27-28-29-30-31-33-34-37-40-43-46-49-52-58(61)64-55-56(54-63-57(60)51-48-45-42-39-36-21-18-15-12-9-6-3)65-59(62)53-50-47-44-41-38-35-32-25-23-20-17-14-11-8-5-2/h15,18,25,32,56H,4-14,16-17,19-24,26-31,33-55H2,1-3H3/b18-15-,32-25-. The van der Waals surface area contributed by atoms with Crippen molar-refractivity contribution in [2.45, 2.75) is 322 Å². The molecule has 0 radical (unpaired) electrons. The molecule has 0 aromatic heterocycles. The van der Waals surface area contributed by atoms with Gasteiger partial charge in [-0.25, -0.2) is 0 Å². The second kappa shape index (κ2) is 54.5. The number of hydrogen-bond acceptors (Lipinski definition) is 6. The zero-order valence-electron chi connectivity index (χ0n) is 43.8. The molecule has 0 aromatic carbocycles. The van der Waals surface area contributed by atoms with Crippen LogP contribution in [-0.4, -0.2) is 37.2 Å². The van der Waals surface area contributed by atoms with Crippen LogP contribution in [0.1, 0.15) is 316 Å². The average Bonchev–Trinajstić information content (AvgIpc) is 3.30. The monoisotopic (exact) mass is 915 g/mol. The maximum Gasteiger partial charge on any atom is 0.306 e. The molecule has 0 fully saturated rings. The van der Waals surface area contributed by atoms with E-state index in [9.17, 15) is 14.4 Å². The van der Waals surface area contributed by atoms with Gasteiger partial charge in [-0.15, -0.1) is 0 Å². The molecule has 0 bridgehead atoms. The van der Waals surface area contributed by atoms with E-state index in [1.807, 2.05) is 0 Å². The third-order valence-corrected chi connectivity index (χ3v) is 12.9. The van der Waals surface area contributed by atoms with Crippen LogP contribution in [0.5, 0.6) is 0 Å². The van der Waals surface area contributed by atoms with Gasteiger partial charge in [-0.1, -0.05) is 257 Å². The van der Waals surface area contributed by atoms with E-state index in [1.54, 1.807) is 0 Å². The Morgan fingerprint density at radius 3 is 0.815 bits per heavy atom. The molecular weight excluding hydrogens is 805 g/mol. The molecule has 0 rings (SSSR count). The average molecular weight is 916 g/mol. The molecule has 6 heteroatoms. The second-order valence-electron chi connectivity index (χ2n) is 19.6. The summed E-state index contributed by atoms with van der Waals surface area (Å²) in [5.74, 6) is -0.874. The molecule has 0 amide bonds. The van der Waals surface area contributed by atoms with E-state index in [-0.39, 0.29) is 31.1 Å². The summed E-state index contributed by atoms with van der Waals surface area (Å²) < 4.78 is 16.8. The number of rotatable bonds is 53. The molecule has 382 valence electrons. The molecular formula is C59H110O6. The van der Waals surface area contributed by atoms with Gasteiger partial charge in [0.25, 0.3) is 0 Å². The van der Waals surface area contributed by atoms with Crippen molar-refractivity contribution in [3.05, 3.63) is 24.3 Å². The lowest BCUT2D eigenvalue weighted by Crippen LogP contribution is -2.30. The van der Waals surface area contributed by atoms with Gasteiger partial charge in [0.1, 0.15) is 13.2 Å². The highest BCUT2D eigenvalue weighted by Gasteiger charge is 2.19. The zero-order valence-corrected chi connectivity index (χ0v) is 43.8. The van der Waals surface area contributed by atoms with Gasteiger partial charge in [-0.3, -0.25) is 14.4 Å². The molecule has 0 N–H and O–H groups in total. The van der Waals surface area contributed by atoms with E-state index in [0.29, 0.717) is 19.3 Å². The molecule has 0 saturated carbocycles. The molecule has 0 saturated heterocycles. The minimum absolute atomic E-state index is 0.0730. The maximum absolute atomic E-state index is 12.8. The van der Waals surface area contributed by atoms with Crippen LogP contribution in [0.15, 0.2) is 24.3 Å². The highest BCUT2D eigenvalue weighted by atomic mass is 16.6. The number of esters is 3. The van der Waals surface area contributed by atoms with Crippen LogP contribution in [0.25, 0.3) is 0 Å². The van der Waals surface area contributed by atoms with Crippen LogP contribution < -0.4 is 0 Å². The minimum atomic E-state index is -0.774. The Labute approximate surface area is 404 Å². The largest absolute Gasteiger partial charge is 0.462 e. The Balaban J connectivity index is 4.25. The van der Waals surface area contributed by atoms with Gasteiger partial charge in [0.15, 0.2) is 6.10 Å². The molecule has 0 aliphatic heterocycles. The number of allylic oxidation sites excluding steroid dienone is 4. The molecule has 1 atom stereocenters. The maximum atomic E-state index is 12.8. The van der Waals surface area contributed by atoms with Crippen LogP contribution in [0.2, 0.25) is 0 Å². The van der Waals surface area contributed by atoms with E-state index in [1.165, 1.54) is 205 Å². The van der Waals surface area contributed by atoms with E-state index in [2.05, 4.69) is 45.1 Å². The van der Waals surface area contributed by atoms with E-state index in [4.69, 9.17) is 14.2 Å². The SMILES string of the molecule is CCCC/C=C\CCCCCCCC(=O)OCC(COC(=O)CCCCCCCCCCCCCCCCCCCCCCC)OC(=O)CCCCCCC/C=C\CCCCCCCC.